The normalized spacial score (nSPS) is 14.0. The van der Waals surface area contributed by atoms with Crippen LogP contribution in [-0.4, -0.2) is 52.8 Å². The van der Waals surface area contributed by atoms with Crippen LogP contribution in [0, 0.1) is 10.1 Å². The summed E-state index contributed by atoms with van der Waals surface area (Å²) in [7, 11) is 1.76. The lowest BCUT2D eigenvalue weighted by Gasteiger charge is -2.22. The minimum absolute atomic E-state index is 0.0184. The van der Waals surface area contributed by atoms with Crippen LogP contribution in [0.15, 0.2) is 60.3 Å². The third-order valence-corrected chi connectivity index (χ3v) is 4.92. The number of carbonyl (C=O) groups is 2. The minimum Gasteiger partial charge on any atom is -0.377 e. The number of carbonyl (C=O) groups excluding carboxylic acids is 2. The Morgan fingerprint density at radius 1 is 1.03 bits per heavy atom. The van der Waals surface area contributed by atoms with Crippen LogP contribution >= 0.6 is 0 Å². The lowest BCUT2D eigenvalue weighted by atomic mass is 10.0. The number of ether oxygens (including phenoxy) is 1. The fourth-order valence-corrected chi connectivity index (χ4v) is 3.45. The molecule has 2 aromatic rings. The highest BCUT2D eigenvalue weighted by Crippen LogP contribution is 2.32. The molecule has 0 aromatic heterocycles. The maximum Gasteiger partial charge on any atom is 0.277 e. The summed E-state index contributed by atoms with van der Waals surface area (Å²) < 4.78 is 5.52. The number of nitrogens with zero attached hydrogens (tertiary/aromatic N) is 3. The number of nitro benzene ring substituents is 1. The highest BCUT2D eigenvalue weighted by atomic mass is 16.6. The van der Waals surface area contributed by atoms with Gasteiger partial charge in [-0.15, -0.1) is 0 Å². The third kappa shape index (κ3) is 4.97. The van der Waals surface area contributed by atoms with E-state index in [-0.39, 0.29) is 36.2 Å². The summed E-state index contributed by atoms with van der Waals surface area (Å²) in [6.45, 7) is 4.57. The Balaban J connectivity index is 1.96. The van der Waals surface area contributed by atoms with Gasteiger partial charge < -0.3 is 9.64 Å². The van der Waals surface area contributed by atoms with Gasteiger partial charge in [0.25, 0.3) is 17.5 Å². The smallest absolute Gasteiger partial charge is 0.277 e. The van der Waals surface area contributed by atoms with Crippen molar-refractivity contribution in [2.75, 3.05) is 20.2 Å². The number of nitro groups is 1. The molecular weight excluding hydrogens is 398 g/mol. The monoisotopic (exact) mass is 423 g/mol. The summed E-state index contributed by atoms with van der Waals surface area (Å²) in [5.74, 6) is -0.828. The van der Waals surface area contributed by atoms with Gasteiger partial charge in [-0.1, -0.05) is 30.3 Å². The molecule has 162 valence electrons. The van der Waals surface area contributed by atoms with Crippen LogP contribution in [0.4, 0.5) is 5.69 Å². The first-order valence-corrected chi connectivity index (χ1v) is 10.0. The molecule has 0 radical (unpaired) electrons. The third-order valence-electron chi connectivity index (χ3n) is 4.92. The van der Waals surface area contributed by atoms with E-state index >= 15 is 0 Å². The molecular formula is C23H25N3O5. The molecule has 0 unspecified atom stereocenters. The van der Waals surface area contributed by atoms with Crippen LogP contribution in [0.5, 0.6) is 0 Å². The van der Waals surface area contributed by atoms with Crippen molar-refractivity contribution >= 4 is 23.1 Å². The average Bonchev–Trinajstić information content (AvgIpc) is 2.99. The topological polar surface area (TPSA) is 93.0 Å². The van der Waals surface area contributed by atoms with E-state index in [1.807, 2.05) is 44.2 Å². The molecule has 8 heteroatoms. The summed E-state index contributed by atoms with van der Waals surface area (Å²) in [5, 5.41) is 11.0. The van der Waals surface area contributed by atoms with Gasteiger partial charge in [0.05, 0.1) is 29.8 Å². The Morgan fingerprint density at radius 2 is 1.68 bits per heavy atom. The number of benzene rings is 2. The van der Waals surface area contributed by atoms with Gasteiger partial charge in [0.1, 0.15) is 5.70 Å². The number of hydrogen-bond acceptors (Lipinski definition) is 6. The molecule has 1 aliphatic heterocycles. The quantitative estimate of drug-likeness (QED) is 0.349. The zero-order valence-corrected chi connectivity index (χ0v) is 17.8. The maximum absolute atomic E-state index is 13.2. The lowest BCUT2D eigenvalue weighted by molar-refractivity contribution is -0.384. The van der Waals surface area contributed by atoms with Gasteiger partial charge in [-0.25, -0.2) is 0 Å². The molecule has 1 aliphatic rings. The molecule has 3 rings (SSSR count). The Bertz CT molecular complexity index is 1000. The Labute approximate surface area is 180 Å². The summed E-state index contributed by atoms with van der Waals surface area (Å²) in [6, 6.07) is 15.3. The van der Waals surface area contributed by atoms with E-state index in [1.165, 1.54) is 29.2 Å². The van der Waals surface area contributed by atoms with Crippen molar-refractivity contribution in [3.63, 3.8) is 0 Å². The van der Waals surface area contributed by atoms with Crippen LogP contribution in [0.3, 0.4) is 0 Å². The standard InChI is InChI=1S/C23H25N3O5/c1-16(2)31-14-13-25-22(27)20(18-9-11-19(12-10-18)26(29)30)21(23(25)28)24(3)15-17-7-5-4-6-8-17/h4-12,16H,13-15H2,1-3H3. The summed E-state index contributed by atoms with van der Waals surface area (Å²) in [4.78, 5) is 39.8. The Hall–Kier alpha value is -3.52. The zero-order chi connectivity index (χ0) is 22.5. The molecule has 0 atom stereocenters. The fourth-order valence-electron chi connectivity index (χ4n) is 3.45. The van der Waals surface area contributed by atoms with Crippen molar-refractivity contribution in [2.45, 2.75) is 26.5 Å². The summed E-state index contributed by atoms with van der Waals surface area (Å²) >= 11 is 0. The molecule has 2 aromatic carbocycles. The van der Waals surface area contributed by atoms with Gasteiger partial charge >= 0.3 is 0 Å². The average molecular weight is 423 g/mol. The molecule has 0 saturated heterocycles. The number of amides is 2. The number of rotatable bonds is 9. The van der Waals surface area contributed by atoms with Gasteiger partial charge in [0.15, 0.2) is 0 Å². The van der Waals surface area contributed by atoms with E-state index in [4.69, 9.17) is 4.74 Å². The minimum atomic E-state index is -0.502. The van der Waals surface area contributed by atoms with E-state index in [0.717, 1.165) is 5.56 Å². The van der Waals surface area contributed by atoms with E-state index < -0.39 is 16.7 Å². The van der Waals surface area contributed by atoms with E-state index in [0.29, 0.717) is 12.1 Å². The first-order chi connectivity index (χ1) is 14.8. The highest BCUT2D eigenvalue weighted by molar-refractivity contribution is 6.35. The molecule has 0 bridgehead atoms. The second kappa shape index (κ2) is 9.53. The van der Waals surface area contributed by atoms with Crippen molar-refractivity contribution in [2.24, 2.45) is 0 Å². The van der Waals surface area contributed by atoms with Crippen molar-refractivity contribution in [3.8, 4) is 0 Å². The van der Waals surface area contributed by atoms with Gasteiger partial charge in [-0.2, -0.15) is 0 Å². The fraction of sp³-hybridized carbons (Fsp3) is 0.304. The highest BCUT2D eigenvalue weighted by Gasteiger charge is 2.40. The molecule has 1 heterocycles. The summed E-state index contributed by atoms with van der Waals surface area (Å²) in [5.41, 5.74) is 1.88. The van der Waals surface area contributed by atoms with E-state index in [1.54, 1.807) is 11.9 Å². The zero-order valence-electron chi connectivity index (χ0n) is 17.8. The van der Waals surface area contributed by atoms with E-state index in [9.17, 15) is 19.7 Å². The van der Waals surface area contributed by atoms with Gasteiger partial charge in [0.2, 0.25) is 0 Å². The SMILES string of the molecule is CC(C)OCCN1C(=O)C(c2ccc([N+](=O)[O-])cc2)=C(N(C)Cc2ccccc2)C1=O. The molecule has 0 spiro atoms. The lowest BCUT2D eigenvalue weighted by Crippen LogP contribution is -2.37. The Kier molecular flexibility index (Phi) is 6.81. The second-order valence-electron chi connectivity index (χ2n) is 7.55. The van der Waals surface area contributed by atoms with Gasteiger partial charge in [-0.3, -0.25) is 24.6 Å². The first-order valence-electron chi connectivity index (χ1n) is 10.0. The van der Waals surface area contributed by atoms with Crippen LogP contribution < -0.4 is 0 Å². The van der Waals surface area contributed by atoms with Crippen molar-refractivity contribution in [1.29, 1.82) is 0 Å². The Morgan fingerprint density at radius 3 is 2.26 bits per heavy atom. The predicted molar refractivity (Wildman–Crippen MR) is 116 cm³/mol. The van der Waals surface area contributed by atoms with Crippen molar-refractivity contribution < 1.29 is 19.2 Å². The largest absolute Gasteiger partial charge is 0.377 e. The second-order valence-corrected chi connectivity index (χ2v) is 7.55. The molecule has 8 nitrogen and oxygen atoms in total. The van der Waals surface area contributed by atoms with Gasteiger partial charge in [-0.05, 0) is 37.1 Å². The number of likely N-dealkylation sites (N-methyl/N-ethyl adjacent to an activating group) is 1. The molecule has 0 N–H and O–H groups in total. The van der Waals surface area contributed by atoms with Crippen LogP contribution in [0.25, 0.3) is 5.57 Å². The van der Waals surface area contributed by atoms with Crippen LogP contribution in [0.2, 0.25) is 0 Å². The molecule has 0 aliphatic carbocycles. The molecule has 0 saturated carbocycles. The van der Waals surface area contributed by atoms with Crippen molar-refractivity contribution in [1.82, 2.24) is 9.80 Å². The predicted octanol–water partition coefficient (Wildman–Crippen LogP) is 3.23. The number of hydrogen-bond donors (Lipinski definition) is 0. The van der Waals surface area contributed by atoms with Gasteiger partial charge in [0, 0.05) is 25.7 Å². The molecule has 0 fully saturated rings. The van der Waals surface area contributed by atoms with Crippen LogP contribution in [-0.2, 0) is 20.9 Å². The van der Waals surface area contributed by atoms with Crippen LogP contribution in [0.1, 0.15) is 25.0 Å². The first kappa shape index (κ1) is 22.2. The maximum atomic E-state index is 13.2. The van der Waals surface area contributed by atoms with Crippen molar-refractivity contribution in [3.05, 3.63) is 81.5 Å². The number of non-ortho nitro benzene ring substituents is 1. The number of imide groups is 1. The summed E-state index contributed by atoms with van der Waals surface area (Å²) in [6.07, 6.45) is -0.0184. The molecule has 2 amide bonds. The molecule has 31 heavy (non-hydrogen) atoms. The van der Waals surface area contributed by atoms with E-state index in [2.05, 4.69) is 0 Å².